The molecule has 1 rings (SSSR count). The number of hydrogen-bond acceptors (Lipinski definition) is 5. The normalized spacial score (nSPS) is 12.0. The number of urea groups is 1. The van der Waals surface area contributed by atoms with Crippen LogP contribution in [-0.4, -0.2) is 48.0 Å². The molecule has 0 aliphatic carbocycles. The van der Waals surface area contributed by atoms with Crippen molar-refractivity contribution < 1.29 is 23.5 Å². The second-order valence-corrected chi connectivity index (χ2v) is 5.48. The molecule has 0 fully saturated rings. The van der Waals surface area contributed by atoms with Crippen LogP contribution in [-0.2, 0) is 11.2 Å². The molecule has 0 heterocycles. The average Bonchev–Trinajstić information content (AvgIpc) is 2.43. The second-order valence-electron chi connectivity index (χ2n) is 4.47. The van der Waals surface area contributed by atoms with E-state index in [2.05, 4.69) is 10.0 Å². The Balaban J connectivity index is 2.50. The molecule has 1 atom stereocenters. The summed E-state index contributed by atoms with van der Waals surface area (Å²) in [4.78, 5) is 22.6. The maximum atomic E-state index is 13.1. The third-order valence-electron chi connectivity index (χ3n) is 2.57. The third-order valence-corrected chi connectivity index (χ3v) is 3.34. The van der Waals surface area contributed by atoms with E-state index in [1.54, 1.807) is 11.4 Å². The van der Waals surface area contributed by atoms with Gasteiger partial charge in [0.2, 0.25) is 0 Å². The van der Waals surface area contributed by atoms with Gasteiger partial charge in [-0.2, -0.15) is 0 Å². The fourth-order valence-corrected chi connectivity index (χ4v) is 2.09. The number of aliphatic hydroxyl groups excluding tert-OH is 1. The van der Waals surface area contributed by atoms with E-state index in [1.165, 1.54) is 0 Å². The number of aldehydes is 1. The van der Waals surface area contributed by atoms with Crippen molar-refractivity contribution in [2.24, 2.45) is 0 Å². The molecule has 3 N–H and O–H groups in total. The molecule has 0 saturated heterocycles. The quantitative estimate of drug-likeness (QED) is 0.486. The first-order chi connectivity index (χ1) is 10.4. The Hall–Kier alpha value is -1.71. The first-order valence-electron chi connectivity index (χ1n) is 6.40. The standard InChI is InChI=1S/C13H17F2N3O3S/c1-18(2-3-19)22-17-13(21)16-12(8-20)6-9-4-10(14)7-11(15)5-9/h4-5,7-8,12,19H,2-3,6H2,1H3,(H2,16,17,21). The van der Waals surface area contributed by atoms with Gasteiger partial charge in [0.15, 0.2) is 0 Å². The van der Waals surface area contributed by atoms with Crippen molar-refractivity contribution in [3.05, 3.63) is 35.4 Å². The highest BCUT2D eigenvalue weighted by molar-refractivity contribution is 7.95. The summed E-state index contributed by atoms with van der Waals surface area (Å²) in [5, 5.41) is 11.1. The molecule has 9 heteroatoms. The van der Waals surface area contributed by atoms with Gasteiger partial charge in [0.05, 0.1) is 12.6 Å². The zero-order valence-corrected chi connectivity index (χ0v) is 12.7. The second kappa shape index (κ2) is 9.34. The van der Waals surface area contributed by atoms with Crippen LogP contribution in [0.4, 0.5) is 13.6 Å². The van der Waals surface area contributed by atoms with Gasteiger partial charge in [-0.05, 0) is 31.2 Å². The van der Waals surface area contributed by atoms with Gasteiger partial charge in [-0.3, -0.25) is 4.72 Å². The van der Waals surface area contributed by atoms with Gasteiger partial charge in [-0.25, -0.2) is 17.9 Å². The summed E-state index contributed by atoms with van der Waals surface area (Å²) in [6, 6.07) is 1.40. The van der Waals surface area contributed by atoms with Gasteiger partial charge in [0.25, 0.3) is 0 Å². The van der Waals surface area contributed by atoms with Crippen LogP contribution in [0.25, 0.3) is 0 Å². The Morgan fingerprint density at radius 3 is 2.59 bits per heavy atom. The Morgan fingerprint density at radius 1 is 1.41 bits per heavy atom. The lowest BCUT2D eigenvalue weighted by Gasteiger charge is -2.16. The maximum absolute atomic E-state index is 13.1. The molecule has 2 amide bonds. The Labute approximate surface area is 131 Å². The molecule has 122 valence electrons. The van der Waals surface area contributed by atoms with Gasteiger partial charge >= 0.3 is 6.03 Å². The van der Waals surface area contributed by atoms with Crippen LogP contribution in [0.5, 0.6) is 0 Å². The number of carbonyl (C=O) groups is 2. The number of carbonyl (C=O) groups excluding carboxylic acids is 2. The Kier molecular flexibility index (Phi) is 7.78. The lowest BCUT2D eigenvalue weighted by atomic mass is 10.1. The van der Waals surface area contributed by atoms with E-state index < -0.39 is 23.7 Å². The summed E-state index contributed by atoms with van der Waals surface area (Å²) in [7, 11) is 1.66. The minimum atomic E-state index is -0.912. The molecular formula is C13H17F2N3O3S. The smallest absolute Gasteiger partial charge is 0.326 e. The van der Waals surface area contributed by atoms with E-state index in [-0.39, 0.29) is 18.6 Å². The number of benzene rings is 1. The number of likely N-dealkylation sites (N-methyl/N-ethyl adjacent to an activating group) is 1. The number of amides is 2. The Morgan fingerprint density at radius 2 is 2.05 bits per heavy atom. The molecule has 0 aliphatic rings. The van der Waals surface area contributed by atoms with Crippen molar-refractivity contribution in [1.82, 2.24) is 14.3 Å². The lowest BCUT2D eigenvalue weighted by molar-refractivity contribution is -0.109. The molecule has 1 aromatic carbocycles. The molecule has 1 unspecified atom stereocenters. The number of nitrogens with one attached hydrogen (secondary N) is 2. The molecule has 0 bridgehead atoms. The van der Waals surface area contributed by atoms with Crippen LogP contribution in [0.2, 0.25) is 0 Å². The zero-order valence-electron chi connectivity index (χ0n) is 11.9. The largest absolute Gasteiger partial charge is 0.395 e. The molecule has 1 aromatic rings. The first-order valence-corrected chi connectivity index (χ1v) is 7.17. The highest BCUT2D eigenvalue weighted by Crippen LogP contribution is 2.10. The van der Waals surface area contributed by atoms with E-state index in [1.807, 2.05) is 0 Å². The monoisotopic (exact) mass is 333 g/mol. The number of hydrogen-bond donors (Lipinski definition) is 3. The minimum Gasteiger partial charge on any atom is -0.395 e. The van der Waals surface area contributed by atoms with Crippen LogP contribution in [0.15, 0.2) is 18.2 Å². The van der Waals surface area contributed by atoms with Crippen molar-refractivity contribution in [3.63, 3.8) is 0 Å². The van der Waals surface area contributed by atoms with Crippen LogP contribution in [0.3, 0.4) is 0 Å². The summed E-state index contributed by atoms with van der Waals surface area (Å²) in [6.07, 6.45) is 0.466. The summed E-state index contributed by atoms with van der Waals surface area (Å²) in [5.74, 6) is -1.49. The van der Waals surface area contributed by atoms with Crippen molar-refractivity contribution in [2.75, 3.05) is 20.2 Å². The fourth-order valence-electron chi connectivity index (χ4n) is 1.62. The predicted octanol–water partition coefficient (Wildman–Crippen LogP) is 0.861. The molecule has 0 radical (unpaired) electrons. The summed E-state index contributed by atoms with van der Waals surface area (Å²) >= 11 is 0.948. The maximum Gasteiger partial charge on any atom is 0.326 e. The average molecular weight is 333 g/mol. The van der Waals surface area contributed by atoms with Gasteiger partial charge in [-0.1, -0.05) is 0 Å². The van der Waals surface area contributed by atoms with Crippen molar-refractivity contribution in [2.45, 2.75) is 12.5 Å². The summed E-state index contributed by atoms with van der Waals surface area (Å²) in [5.41, 5.74) is 0.264. The molecule has 0 aliphatic heterocycles. The number of nitrogens with zero attached hydrogens (tertiary/aromatic N) is 1. The van der Waals surface area contributed by atoms with E-state index >= 15 is 0 Å². The molecule has 0 aromatic heterocycles. The molecule has 0 saturated carbocycles. The van der Waals surface area contributed by atoms with Crippen LogP contribution in [0, 0.1) is 11.6 Å². The topological polar surface area (TPSA) is 81.7 Å². The Bertz CT molecular complexity index is 499. The van der Waals surface area contributed by atoms with Crippen molar-refractivity contribution in [1.29, 1.82) is 0 Å². The van der Waals surface area contributed by atoms with Gasteiger partial charge in [0, 0.05) is 24.7 Å². The predicted molar refractivity (Wildman–Crippen MR) is 78.9 cm³/mol. The van der Waals surface area contributed by atoms with Gasteiger partial charge < -0.3 is 15.2 Å². The highest BCUT2D eigenvalue weighted by atomic mass is 32.2. The first kappa shape index (κ1) is 18.3. The van der Waals surface area contributed by atoms with E-state index in [0.717, 1.165) is 30.3 Å². The van der Waals surface area contributed by atoms with Crippen molar-refractivity contribution >= 4 is 24.5 Å². The van der Waals surface area contributed by atoms with Gasteiger partial charge in [0.1, 0.15) is 17.9 Å². The number of aliphatic hydroxyl groups is 1. The molecule has 22 heavy (non-hydrogen) atoms. The molecule has 0 spiro atoms. The van der Waals surface area contributed by atoms with E-state index in [0.29, 0.717) is 12.8 Å². The lowest BCUT2D eigenvalue weighted by Crippen LogP contribution is -2.42. The fraction of sp³-hybridized carbons (Fsp3) is 0.385. The third kappa shape index (κ3) is 6.83. The minimum absolute atomic E-state index is 0.0251. The number of rotatable bonds is 8. The van der Waals surface area contributed by atoms with Gasteiger partial charge in [-0.15, -0.1) is 0 Å². The summed E-state index contributed by atoms with van der Waals surface area (Å²) < 4.78 is 30.1. The van der Waals surface area contributed by atoms with Crippen LogP contribution in [0.1, 0.15) is 5.56 Å². The zero-order chi connectivity index (χ0) is 16.5. The van der Waals surface area contributed by atoms with Crippen molar-refractivity contribution in [3.8, 4) is 0 Å². The van der Waals surface area contributed by atoms with E-state index in [9.17, 15) is 18.4 Å². The van der Waals surface area contributed by atoms with Crippen LogP contribution >= 0.6 is 12.1 Å². The molecular weight excluding hydrogens is 316 g/mol. The van der Waals surface area contributed by atoms with Crippen LogP contribution < -0.4 is 10.0 Å². The highest BCUT2D eigenvalue weighted by Gasteiger charge is 2.14. The SMILES string of the molecule is CN(CCO)SNC(=O)NC(C=O)Cc1cc(F)cc(F)c1. The van der Waals surface area contributed by atoms with E-state index in [4.69, 9.17) is 5.11 Å². The molecule has 6 nitrogen and oxygen atoms in total. The number of halogens is 2. The summed E-state index contributed by atoms with van der Waals surface area (Å²) in [6.45, 7) is 0.291.